The fourth-order valence-electron chi connectivity index (χ4n) is 2.72. The lowest BCUT2D eigenvalue weighted by Gasteiger charge is -2.38. The molecule has 3 heteroatoms. The van der Waals surface area contributed by atoms with Gasteiger partial charge in [0, 0.05) is 13.7 Å². The van der Waals surface area contributed by atoms with Crippen molar-refractivity contribution >= 4 is 8.07 Å². The van der Waals surface area contributed by atoms with Crippen molar-refractivity contribution in [2.75, 3.05) is 20.5 Å². The smallest absolute Gasteiger partial charge is 0.146 e. The lowest BCUT2D eigenvalue weighted by molar-refractivity contribution is -0.0314. The molecule has 0 N–H and O–H groups in total. The summed E-state index contributed by atoms with van der Waals surface area (Å²) < 4.78 is 10.2. The molecule has 0 amide bonds. The maximum atomic E-state index is 5.34. The molecule has 0 spiro atoms. The summed E-state index contributed by atoms with van der Waals surface area (Å²) in [6, 6.07) is 10.8. The minimum Gasteiger partial charge on any atom is -0.359 e. The van der Waals surface area contributed by atoms with Gasteiger partial charge in [-0.1, -0.05) is 64.2 Å². The molecule has 0 saturated heterocycles. The zero-order valence-corrected chi connectivity index (χ0v) is 18.7. The van der Waals surface area contributed by atoms with Crippen molar-refractivity contribution in [3.8, 4) is 0 Å². The SMILES string of the molecule is COCOCCCCC=C=C(CCc1ccccc1)[Si](C)(C)C(C)(C)C. The van der Waals surface area contributed by atoms with Crippen LogP contribution in [-0.2, 0) is 15.9 Å². The van der Waals surface area contributed by atoms with Gasteiger partial charge in [-0.15, -0.1) is 5.73 Å². The summed E-state index contributed by atoms with van der Waals surface area (Å²) >= 11 is 0. The third-order valence-corrected chi connectivity index (χ3v) is 11.2. The Morgan fingerprint density at radius 2 is 1.81 bits per heavy atom. The molecule has 0 aromatic heterocycles. The molecule has 0 fully saturated rings. The number of ether oxygens (including phenoxy) is 2. The molecule has 1 aromatic rings. The summed E-state index contributed by atoms with van der Waals surface area (Å²) in [6.45, 7) is 13.3. The quantitative estimate of drug-likeness (QED) is 0.189. The van der Waals surface area contributed by atoms with Gasteiger partial charge in [0.05, 0.1) is 8.07 Å². The van der Waals surface area contributed by atoms with Crippen LogP contribution in [0.25, 0.3) is 0 Å². The van der Waals surface area contributed by atoms with E-state index in [1.807, 2.05) is 0 Å². The van der Waals surface area contributed by atoms with Gasteiger partial charge in [-0.3, -0.25) is 0 Å². The van der Waals surface area contributed by atoms with E-state index < -0.39 is 8.07 Å². The molecular weight excluding hydrogens is 336 g/mol. The van der Waals surface area contributed by atoms with Crippen LogP contribution < -0.4 is 0 Å². The summed E-state index contributed by atoms with van der Waals surface area (Å²) in [5, 5.41) is 1.90. The van der Waals surface area contributed by atoms with E-state index in [9.17, 15) is 0 Å². The zero-order chi connectivity index (χ0) is 19.5. The van der Waals surface area contributed by atoms with Gasteiger partial charge in [-0.05, 0) is 54.0 Å². The van der Waals surface area contributed by atoms with E-state index >= 15 is 0 Å². The predicted octanol–water partition coefficient (Wildman–Crippen LogP) is 6.54. The van der Waals surface area contributed by atoms with Gasteiger partial charge >= 0.3 is 0 Å². The molecule has 26 heavy (non-hydrogen) atoms. The van der Waals surface area contributed by atoms with E-state index in [4.69, 9.17) is 9.47 Å². The molecule has 146 valence electrons. The van der Waals surface area contributed by atoms with Gasteiger partial charge in [0.2, 0.25) is 0 Å². The third-order valence-electron chi connectivity index (χ3n) is 5.50. The number of rotatable bonds is 11. The van der Waals surface area contributed by atoms with Crippen LogP contribution in [0.15, 0.2) is 47.3 Å². The van der Waals surface area contributed by atoms with Crippen LogP contribution in [0.3, 0.4) is 0 Å². The highest BCUT2D eigenvalue weighted by atomic mass is 28.3. The van der Waals surface area contributed by atoms with Crippen LogP contribution in [0.4, 0.5) is 0 Å². The maximum Gasteiger partial charge on any atom is 0.146 e. The third kappa shape index (κ3) is 8.05. The Balaban J connectivity index is 2.72. The zero-order valence-electron chi connectivity index (χ0n) is 17.7. The van der Waals surface area contributed by atoms with Gasteiger partial charge in [-0.2, -0.15) is 0 Å². The summed E-state index contributed by atoms with van der Waals surface area (Å²) in [4.78, 5) is 0. The fraction of sp³-hybridized carbons (Fsp3) is 0.609. The number of allylic oxidation sites excluding steroid dienone is 1. The van der Waals surface area contributed by atoms with Crippen molar-refractivity contribution < 1.29 is 9.47 Å². The summed E-state index contributed by atoms with van der Waals surface area (Å²) in [6.07, 6.45) is 7.76. The molecule has 0 saturated carbocycles. The molecule has 0 bridgehead atoms. The molecule has 1 aromatic carbocycles. The van der Waals surface area contributed by atoms with Crippen molar-refractivity contribution in [1.29, 1.82) is 0 Å². The van der Waals surface area contributed by atoms with E-state index in [0.29, 0.717) is 11.8 Å². The molecular formula is C23H38O2Si. The fourth-order valence-corrected chi connectivity index (χ4v) is 4.84. The van der Waals surface area contributed by atoms with Gasteiger partial charge < -0.3 is 9.47 Å². The van der Waals surface area contributed by atoms with Crippen LogP contribution in [-0.4, -0.2) is 28.6 Å². The van der Waals surface area contributed by atoms with Gasteiger partial charge in [0.1, 0.15) is 6.79 Å². The largest absolute Gasteiger partial charge is 0.359 e. The lowest BCUT2D eigenvalue weighted by Crippen LogP contribution is -2.39. The Kier molecular flexibility index (Phi) is 10.2. The van der Waals surface area contributed by atoms with Gasteiger partial charge in [0.15, 0.2) is 0 Å². The molecule has 0 atom stereocenters. The van der Waals surface area contributed by atoms with Crippen molar-refractivity contribution in [3.05, 3.63) is 52.9 Å². The van der Waals surface area contributed by atoms with Crippen molar-refractivity contribution in [1.82, 2.24) is 0 Å². The first-order valence-electron chi connectivity index (χ1n) is 9.84. The average Bonchev–Trinajstić information content (AvgIpc) is 2.59. The van der Waals surface area contributed by atoms with Crippen molar-refractivity contribution in [2.45, 2.75) is 71.0 Å². The van der Waals surface area contributed by atoms with Crippen molar-refractivity contribution in [2.24, 2.45) is 0 Å². The van der Waals surface area contributed by atoms with E-state index in [1.54, 1.807) is 12.3 Å². The molecule has 0 heterocycles. The number of benzene rings is 1. The first kappa shape index (κ1) is 22.9. The Morgan fingerprint density at radius 1 is 1.12 bits per heavy atom. The van der Waals surface area contributed by atoms with Crippen LogP contribution in [0.2, 0.25) is 18.1 Å². The van der Waals surface area contributed by atoms with E-state index in [1.165, 1.54) is 5.56 Å². The first-order valence-corrected chi connectivity index (χ1v) is 12.8. The van der Waals surface area contributed by atoms with Crippen LogP contribution >= 0.6 is 0 Å². The second-order valence-corrected chi connectivity index (χ2v) is 13.9. The second kappa shape index (κ2) is 11.6. The Labute approximate surface area is 162 Å². The first-order chi connectivity index (χ1) is 12.3. The van der Waals surface area contributed by atoms with E-state index in [2.05, 4.69) is 76.0 Å². The Hall–Kier alpha value is -1.12. The van der Waals surface area contributed by atoms with Gasteiger partial charge in [-0.25, -0.2) is 0 Å². The monoisotopic (exact) mass is 374 g/mol. The lowest BCUT2D eigenvalue weighted by atomic mass is 10.1. The molecule has 0 radical (unpaired) electrons. The molecule has 0 aliphatic carbocycles. The molecule has 0 aliphatic rings. The van der Waals surface area contributed by atoms with Crippen LogP contribution in [0.5, 0.6) is 0 Å². The van der Waals surface area contributed by atoms with E-state index in [0.717, 1.165) is 38.7 Å². The van der Waals surface area contributed by atoms with Crippen LogP contribution in [0, 0.1) is 0 Å². The summed E-state index contributed by atoms with van der Waals surface area (Å²) in [5.74, 6) is 0. The van der Waals surface area contributed by atoms with Gasteiger partial charge in [0.25, 0.3) is 0 Å². The summed E-state index contributed by atoms with van der Waals surface area (Å²) in [5.41, 5.74) is 5.14. The minimum atomic E-state index is -1.54. The second-order valence-electron chi connectivity index (χ2n) is 8.50. The number of aryl methyl sites for hydroxylation is 1. The summed E-state index contributed by atoms with van der Waals surface area (Å²) in [7, 11) is 0.117. The number of methoxy groups -OCH3 is 1. The predicted molar refractivity (Wildman–Crippen MR) is 115 cm³/mol. The highest BCUT2D eigenvalue weighted by molar-refractivity contribution is 6.86. The van der Waals surface area contributed by atoms with Crippen LogP contribution in [0.1, 0.15) is 52.0 Å². The molecule has 1 rings (SSSR count). The normalized spacial score (nSPS) is 11.9. The van der Waals surface area contributed by atoms with E-state index in [-0.39, 0.29) is 0 Å². The minimum absolute atomic E-state index is 0.341. The maximum absolute atomic E-state index is 5.34. The number of hydrogen-bond acceptors (Lipinski definition) is 2. The molecule has 2 nitrogen and oxygen atoms in total. The highest BCUT2D eigenvalue weighted by Crippen LogP contribution is 2.41. The average molecular weight is 375 g/mol. The Bertz CT molecular complexity index is 564. The van der Waals surface area contributed by atoms with Crippen molar-refractivity contribution in [3.63, 3.8) is 0 Å². The number of unbranched alkanes of at least 4 members (excludes halogenated alkanes) is 2. The molecule has 0 unspecified atom stereocenters. The number of hydrogen-bond donors (Lipinski definition) is 0. The Morgan fingerprint density at radius 3 is 2.42 bits per heavy atom. The molecule has 0 aliphatic heterocycles. The topological polar surface area (TPSA) is 18.5 Å². The highest BCUT2D eigenvalue weighted by Gasteiger charge is 2.38. The standard InChI is InChI=1S/C23H38O2Si/c1-23(2,3)26(5,6)22(18-17-21-14-10-9-11-15-21)16-12-7-8-13-19-25-20-24-4/h9-12,14-15H,7-8,13,17-20H2,1-6H3.